The van der Waals surface area contributed by atoms with Crippen molar-refractivity contribution in [3.05, 3.63) is 0 Å². The maximum Gasteiger partial charge on any atom is 0.221 e. The molecule has 0 aliphatic rings. The summed E-state index contributed by atoms with van der Waals surface area (Å²) in [6, 6.07) is 0. The van der Waals surface area contributed by atoms with E-state index in [9.17, 15) is 9.59 Å². The molecule has 2 N–H and O–H groups in total. The second-order valence-corrected chi connectivity index (χ2v) is 12.5. The summed E-state index contributed by atoms with van der Waals surface area (Å²) in [5.41, 5.74) is 0. The summed E-state index contributed by atoms with van der Waals surface area (Å²) in [5, 5.41) is 5.92. The Bertz CT molecular complexity index is 475. The van der Waals surface area contributed by atoms with E-state index in [2.05, 4.69) is 49.7 Å². The minimum Gasteiger partial charge on any atom is -0.356 e. The largest absolute Gasteiger partial charge is 0.356 e. The Balaban J connectivity index is 3.57. The fourth-order valence-corrected chi connectivity index (χ4v) is 5.74. The van der Waals surface area contributed by atoms with Crippen molar-refractivity contribution in [1.29, 1.82) is 0 Å². The number of hydrogen-bond donors (Lipinski definition) is 4. The molecular weight excluding hydrogens is 496 g/mol. The molecule has 220 valence electrons. The van der Waals surface area contributed by atoms with E-state index in [1.54, 1.807) is 0 Å². The van der Waals surface area contributed by atoms with E-state index in [4.69, 9.17) is 0 Å². The van der Waals surface area contributed by atoms with Gasteiger partial charge in [-0.3, -0.25) is 9.59 Å². The first kappa shape index (κ1) is 36.6. The number of thiol groups is 2. The SMILES string of the molecule is CCCCCCCCCCCCNC(=O)CC(S)CC(S)CC(=O)NCCCCCCCCCCCC. The maximum absolute atomic E-state index is 12.2. The van der Waals surface area contributed by atoms with Gasteiger partial charge >= 0.3 is 0 Å². The van der Waals surface area contributed by atoms with Gasteiger partial charge in [-0.1, -0.05) is 129 Å². The smallest absolute Gasteiger partial charge is 0.221 e. The zero-order valence-corrected chi connectivity index (χ0v) is 26.3. The molecule has 0 spiro atoms. The minimum atomic E-state index is -0.0648. The highest BCUT2D eigenvalue weighted by molar-refractivity contribution is 7.82. The summed E-state index contributed by atoms with van der Waals surface area (Å²) < 4.78 is 0. The normalized spacial score (nSPS) is 12.9. The molecule has 4 nitrogen and oxygen atoms in total. The Hall–Kier alpha value is -0.360. The molecule has 0 fully saturated rings. The summed E-state index contributed by atoms with van der Waals surface area (Å²) in [6.45, 7) is 6.02. The van der Waals surface area contributed by atoms with Gasteiger partial charge in [-0.2, -0.15) is 25.3 Å². The summed E-state index contributed by atoms with van der Waals surface area (Å²) in [4.78, 5) is 24.4. The Labute approximate surface area is 241 Å². The van der Waals surface area contributed by atoms with Gasteiger partial charge in [-0.15, -0.1) is 0 Å². The van der Waals surface area contributed by atoms with Crippen LogP contribution in [0.2, 0.25) is 0 Å². The van der Waals surface area contributed by atoms with Crippen LogP contribution in [0.15, 0.2) is 0 Å². The van der Waals surface area contributed by atoms with E-state index in [1.165, 1.54) is 116 Å². The Kier molecular flexibility index (Phi) is 28.4. The summed E-state index contributed by atoms with van der Waals surface area (Å²) >= 11 is 9.14. The first-order valence-electron chi connectivity index (χ1n) is 15.9. The molecule has 0 aromatic carbocycles. The lowest BCUT2D eigenvalue weighted by molar-refractivity contribution is -0.121. The van der Waals surface area contributed by atoms with E-state index in [0.717, 1.165) is 25.9 Å². The quantitative estimate of drug-likeness (QED) is 0.0573. The average Bonchev–Trinajstić information content (AvgIpc) is 2.85. The maximum atomic E-state index is 12.2. The first-order chi connectivity index (χ1) is 18.0. The van der Waals surface area contributed by atoms with Crippen molar-refractivity contribution in [2.24, 2.45) is 0 Å². The highest BCUT2D eigenvalue weighted by Crippen LogP contribution is 2.17. The van der Waals surface area contributed by atoms with Crippen molar-refractivity contribution in [2.75, 3.05) is 13.1 Å². The van der Waals surface area contributed by atoms with Gasteiger partial charge in [-0.25, -0.2) is 0 Å². The standard InChI is InChI=1S/C31H62N2O2S2/c1-3-5-7-9-11-13-15-17-19-21-23-32-30(34)26-28(36)25-29(37)27-31(35)33-24-22-20-18-16-14-12-10-8-6-4-2/h28-29,36-37H,3-27H2,1-2H3,(H,32,34)(H,33,35). The summed E-state index contributed by atoms with van der Waals surface area (Å²) in [5.74, 6) is 0.115. The third-order valence-electron chi connectivity index (χ3n) is 7.09. The fourth-order valence-electron chi connectivity index (χ4n) is 4.73. The van der Waals surface area contributed by atoms with Crippen molar-refractivity contribution in [1.82, 2.24) is 10.6 Å². The number of carbonyl (C=O) groups is 2. The van der Waals surface area contributed by atoms with Gasteiger partial charge in [0.15, 0.2) is 0 Å². The third kappa shape index (κ3) is 28.5. The predicted molar refractivity (Wildman–Crippen MR) is 169 cm³/mol. The Morgan fingerprint density at radius 2 is 0.757 bits per heavy atom. The van der Waals surface area contributed by atoms with Crippen LogP contribution in [0.3, 0.4) is 0 Å². The van der Waals surface area contributed by atoms with Gasteiger partial charge in [0.25, 0.3) is 0 Å². The molecule has 2 amide bonds. The van der Waals surface area contributed by atoms with Gasteiger partial charge in [0, 0.05) is 36.4 Å². The monoisotopic (exact) mass is 558 g/mol. The van der Waals surface area contributed by atoms with E-state index in [1.807, 2.05) is 0 Å². The second-order valence-electron chi connectivity index (χ2n) is 11.0. The lowest BCUT2D eigenvalue weighted by Gasteiger charge is -2.16. The molecule has 0 heterocycles. The molecule has 0 aromatic rings. The van der Waals surface area contributed by atoms with E-state index in [-0.39, 0.29) is 22.3 Å². The van der Waals surface area contributed by atoms with Crippen molar-refractivity contribution in [3.8, 4) is 0 Å². The van der Waals surface area contributed by atoms with Crippen LogP contribution in [0, 0.1) is 0 Å². The van der Waals surface area contributed by atoms with Crippen molar-refractivity contribution in [2.45, 2.75) is 172 Å². The molecule has 2 atom stereocenters. The lowest BCUT2D eigenvalue weighted by atomic mass is 10.1. The number of amides is 2. The molecular formula is C31H62N2O2S2. The van der Waals surface area contributed by atoms with Crippen molar-refractivity contribution in [3.63, 3.8) is 0 Å². The van der Waals surface area contributed by atoms with E-state index < -0.39 is 0 Å². The van der Waals surface area contributed by atoms with E-state index in [0.29, 0.717) is 19.3 Å². The molecule has 0 saturated heterocycles. The molecule has 0 saturated carbocycles. The minimum absolute atomic E-state index is 0.0573. The topological polar surface area (TPSA) is 58.2 Å². The van der Waals surface area contributed by atoms with Crippen LogP contribution < -0.4 is 10.6 Å². The van der Waals surface area contributed by atoms with Gasteiger partial charge in [0.05, 0.1) is 0 Å². The highest BCUT2D eigenvalue weighted by atomic mass is 32.1. The van der Waals surface area contributed by atoms with Crippen LogP contribution >= 0.6 is 25.3 Å². The zero-order valence-electron chi connectivity index (χ0n) is 24.5. The fraction of sp³-hybridized carbons (Fsp3) is 0.935. The molecule has 0 aromatic heterocycles. The van der Waals surface area contributed by atoms with Crippen LogP contribution in [0.25, 0.3) is 0 Å². The predicted octanol–water partition coefficient (Wildman–Crippen LogP) is 8.83. The van der Waals surface area contributed by atoms with Crippen LogP contribution in [0.1, 0.15) is 162 Å². The number of nitrogens with one attached hydrogen (secondary N) is 2. The van der Waals surface area contributed by atoms with Gasteiger partial charge < -0.3 is 10.6 Å². The molecule has 0 rings (SSSR count). The van der Waals surface area contributed by atoms with Gasteiger partial charge in [0.1, 0.15) is 0 Å². The average molecular weight is 559 g/mol. The highest BCUT2D eigenvalue weighted by Gasteiger charge is 2.16. The van der Waals surface area contributed by atoms with Crippen LogP contribution in [0.5, 0.6) is 0 Å². The van der Waals surface area contributed by atoms with E-state index >= 15 is 0 Å². The first-order valence-corrected chi connectivity index (χ1v) is 16.9. The Morgan fingerprint density at radius 3 is 1.05 bits per heavy atom. The number of unbranched alkanes of at least 4 members (excludes halogenated alkanes) is 18. The summed E-state index contributed by atoms with van der Waals surface area (Å²) in [6.07, 6.45) is 27.4. The molecule has 0 aliphatic carbocycles. The van der Waals surface area contributed by atoms with Crippen molar-refractivity contribution >= 4 is 37.1 Å². The lowest BCUT2D eigenvalue weighted by Crippen LogP contribution is -2.29. The number of hydrogen-bond acceptors (Lipinski definition) is 4. The number of rotatable bonds is 28. The van der Waals surface area contributed by atoms with Crippen molar-refractivity contribution < 1.29 is 9.59 Å². The number of carbonyl (C=O) groups excluding carboxylic acids is 2. The van der Waals surface area contributed by atoms with Gasteiger partial charge in [-0.05, 0) is 19.3 Å². The van der Waals surface area contributed by atoms with Gasteiger partial charge in [0.2, 0.25) is 11.8 Å². The van der Waals surface area contributed by atoms with Crippen LogP contribution in [0.4, 0.5) is 0 Å². The third-order valence-corrected chi connectivity index (χ3v) is 7.88. The summed E-state index contributed by atoms with van der Waals surface area (Å²) in [7, 11) is 0. The molecule has 2 unspecified atom stereocenters. The van der Waals surface area contributed by atoms with Crippen LogP contribution in [-0.4, -0.2) is 35.4 Å². The molecule has 0 aliphatic heterocycles. The van der Waals surface area contributed by atoms with Crippen LogP contribution in [-0.2, 0) is 9.59 Å². The Morgan fingerprint density at radius 1 is 0.486 bits per heavy atom. The molecule has 6 heteroatoms. The zero-order chi connectivity index (χ0) is 27.4. The second kappa shape index (κ2) is 28.6. The molecule has 0 bridgehead atoms. The molecule has 37 heavy (non-hydrogen) atoms. The molecule has 0 radical (unpaired) electrons.